The van der Waals surface area contributed by atoms with Crippen LogP contribution in [-0.4, -0.2) is 50.6 Å². The van der Waals surface area contributed by atoms with Crippen LogP contribution in [0.1, 0.15) is 53.4 Å². The minimum atomic E-state index is -1.53. The molecule has 0 aromatic heterocycles. The van der Waals surface area contributed by atoms with E-state index >= 15 is 0 Å². The molecule has 1 saturated heterocycles. The molecule has 130 valence electrons. The average molecular weight is 316 g/mol. The standard InChI is InChI=1S/C17H32O5/c1-11(2)5-6-13(18)7-15-8-14(19)9-17(21,22-15)10-16(20)12(3)4/h5-6,11-16,18-21H,7-10H2,1-4H3/b6-5+/t13-,14?,15?,16+,17-/m0/s1. The van der Waals surface area contributed by atoms with E-state index < -0.39 is 30.2 Å². The van der Waals surface area contributed by atoms with Gasteiger partial charge in [0.25, 0.3) is 0 Å². The largest absolute Gasteiger partial charge is 0.393 e. The number of rotatable bonds is 7. The Hall–Kier alpha value is -0.460. The Bertz CT molecular complexity index is 355. The van der Waals surface area contributed by atoms with Gasteiger partial charge in [0.15, 0.2) is 5.79 Å². The van der Waals surface area contributed by atoms with E-state index in [9.17, 15) is 20.4 Å². The smallest absolute Gasteiger partial charge is 0.170 e. The lowest BCUT2D eigenvalue weighted by molar-refractivity contribution is -0.286. The number of hydrogen-bond acceptors (Lipinski definition) is 5. The highest BCUT2D eigenvalue weighted by molar-refractivity contribution is 4.93. The molecule has 22 heavy (non-hydrogen) atoms. The molecule has 0 amide bonds. The predicted octanol–water partition coefficient (Wildman–Crippen LogP) is 1.59. The lowest BCUT2D eigenvalue weighted by Crippen LogP contribution is -2.49. The van der Waals surface area contributed by atoms with Gasteiger partial charge in [-0.15, -0.1) is 0 Å². The van der Waals surface area contributed by atoms with Gasteiger partial charge in [-0.25, -0.2) is 0 Å². The minimum Gasteiger partial charge on any atom is -0.393 e. The third kappa shape index (κ3) is 6.75. The van der Waals surface area contributed by atoms with Crippen molar-refractivity contribution < 1.29 is 25.2 Å². The van der Waals surface area contributed by atoms with E-state index in [1.165, 1.54) is 0 Å². The summed E-state index contributed by atoms with van der Waals surface area (Å²) in [5.41, 5.74) is 0. The van der Waals surface area contributed by atoms with Gasteiger partial charge in [0.2, 0.25) is 0 Å². The second-order valence-corrected chi connectivity index (χ2v) is 7.23. The first-order valence-corrected chi connectivity index (χ1v) is 8.24. The maximum absolute atomic E-state index is 10.5. The molecule has 1 heterocycles. The number of aliphatic hydroxyl groups excluding tert-OH is 3. The fourth-order valence-electron chi connectivity index (χ4n) is 2.70. The van der Waals surface area contributed by atoms with E-state index in [1.807, 2.05) is 33.8 Å². The Morgan fingerprint density at radius 1 is 1.18 bits per heavy atom. The normalized spacial score (nSPS) is 32.8. The first-order valence-electron chi connectivity index (χ1n) is 8.24. The second-order valence-electron chi connectivity index (χ2n) is 7.23. The van der Waals surface area contributed by atoms with Gasteiger partial charge in [-0.1, -0.05) is 39.8 Å². The maximum atomic E-state index is 10.5. The van der Waals surface area contributed by atoms with Crippen LogP contribution in [0.3, 0.4) is 0 Å². The molecule has 1 fully saturated rings. The molecule has 1 aliphatic heterocycles. The zero-order chi connectivity index (χ0) is 16.9. The van der Waals surface area contributed by atoms with Crippen LogP contribution >= 0.6 is 0 Å². The van der Waals surface area contributed by atoms with Gasteiger partial charge in [-0.05, 0) is 18.3 Å². The van der Waals surface area contributed by atoms with Crippen LogP contribution in [0.4, 0.5) is 0 Å². The summed E-state index contributed by atoms with van der Waals surface area (Å²) in [6.45, 7) is 7.78. The van der Waals surface area contributed by atoms with E-state index in [4.69, 9.17) is 4.74 Å². The lowest BCUT2D eigenvalue weighted by Gasteiger charge is -2.41. The van der Waals surface area contributed by atoms with Crippen LogP contribution in [0.5, 0.6) is 0 Å². The summed E-state index contributed by atoms with van der Waals surface area (Å²) in [4.78, 5) is 0. The molecular weight excluding hydrogens is 284 g/mol. The van der Waals surface area contributed by atoms with Gasteiger partial charge < -0.3 is 25.2 Å². The highest BCUT2D eigenvalue weighted by Gasteiger charge is 2.41. The van der Waals surface area contributed by atoms with Crippen LogP contribution < -0.4 is 0 Å². The number of ether oxygens (including phenoxy) is 1. The molecule has 5 nitrogen and oxygen atoms in total. The summed E-state index contributed by atoms with van der Waals surface area (Å²) in [6, 6.07) is 0. The molecule has 0 spiro atoms. The molecule has 2 unspecified atom stereocenters. The zero-order valence-corrected chi connectivity index (χ0v) is 14.1. The number of aliphatic hydroxyl groups is 4. The van der Waals surface area contributed by atoms with Crippen molar-refractivity contribution in [3.63, 3.8) is 0 Å². The van der Waals surface area contributed by atoms with Crippen molar-refractivity contribution in [3.8, 4) is 0 Å². The predicted molar refractivity (Wildman–Crippen MR) is 85.1 cm³/mol. The number of allylic oxidation sites excluding steroid dienone is 1. The van der Waals surface area contributed by atoms with Crippen molar-refractivity contribution in [2.24, 2.45) is 11.8 Å². The van der Waals surface area contributed by atoms with Crippen LogP contribution in [0, 0.1) is 11.8 Å². The summed E-state index contributed by atoms with van der Waals surface area (Å²) in [7, 11) is 0. The van der Waals surface area contributed by atoms with Crippen LogP contribution in [0.15, 0.2) is 12.2 Å². The SMILES string of the molecule is CC(C)/C=C/[C@H](O)CC1CC(O)C[C@@](O)(C[C@@H](O)C(C)C)O1. The highest BCUT2D eigenvalue weighted by atomic mass is 16.6. The van der Waals surface area contributed by atoms with Crippen molar-refractivity contribution >= 4 is 0 Å². The molecular formula is C17H32O5. The van der Waals surface area contributed by atoms with Gasteiger partial charge in [-0.3, -0.25) is 0 Å². The first kappa shape index (κ1) is 19.6. The van der Waals surface area contributed by atoms with Gasteiger partial charge in [0, 0.05) is 19.3 Å². The second kappa shape index (κ2) is 8.41. The third-order valence-electron chi connectivity index (χ3n) is 4.00. The van der Waals surface area contributed by atoms with Crippen LogP contribution in [0.2, 0.25) is 0 Å². The Balaban J connectivity index is 2.62. The highest BCUT2D eigenvalue weighted by Crippen LogP contribution is 2.33. The van der Waals surface area contributed by atoms with Crippen molar-refractivity contribution in [2.75, 3.05) is 0 Å². The van der Waals surface area contributed by atoms with Crippen molar-refractivity contribution in [3.05, 3.63) is 12.2 Å². The summed E-state index contributed by atoms with van der Waals surface area (Å²) < 4.78 is 5.68. The summed E-state index contributed by atoms with van der Waals surface area (Å²) >= 11 is 0. The molecule has 0 aliphatic carbocycles. The fourth-order valence-corrected chi connectivity index (χ4v) is 2.70. The Labute approximate surface area is 133 Å². The minimum absolute atomic E-state index is 0.00436. The maximum Gasteiger partial charge on any atom is 0.170 e. The first-order chi connectivity index (χ1) is 10.1. The molecule has 0 bridgehead atoms. The van der Waals surface area contributed by atoms with E-state index in [-0.39, 0.29) is 18.8 Å². The fraction of sp³-hybridized carbons (Fsp3) is 0.882. The van der Waals surface area contributed by atoms with E-state index in [0.29, 0.717) is 18.8 Å². The monoisotopic (exact) mass is 316 g/mol. The Morgan fingerprint density at radius 2 is 1.82 bits per heavy atom. The summed E-state index contributed by atoms with van der Waals surface area (Å²) in [6.07, 6.45) is 2.01. The molecule has 0 aromatic rings. The molecule has 0 saturated carbocycles. The van der Waals surface area contributed by atoms with Crippen LogP contribution in [-0.2, 0) is 4.74 Å². The number of hydrogen-bond donors (Lipinski definition) is 4. The molecule has 0 aromatic carbocycles. The van der Waals surface area contributed by atoms with Gasteiger partial charge in [0.1, 0.15) is 0 Å². The molecule has 1 rings (SSSR count). The molecule has 0 radical (unpaired) electrons. The van der Waals surface area contributed by atoms with Crippen LogP contribution in [0.25, 0.3) is 0 Å². The summed E-state index contributed by atoms with van der Waals surface area (Å²) in [5, 5.41) is 40.5. The van der Waals surface area contributed by atoms with Gasteiger partial charge in [-0.2, -0.15) is 0 Å². The molecule has 5 atom stereocenters. The van der Waals surface area contributed by atoms with Crippen molar-refractivity contribution in [2.45, 2.75) is 83.6 Å². The van der Waals surface area contributed by atoms with E-state index in [0.717, 1.165) is 0 Å². The van der Waals surface area contributed by atoms with Crippen molar-refractivity contribution in [1.82, 2.24) is 0 Å². The van der Waals surface area contributed by atoms with Gasteiger partial charge >= 0.3 is 0 Å². The van der Waals surface area contributed by atoms with E-state index in [2.05, 4.69) is 0 Å². The Kier molecular flexibility index (Phi) is 7.49. The zero-order valence-electron chi connectivity index (χ0n) is 14.1. The van der Waals surface area contributed by atoms with Crippen molar-refractivity contribution in [1.29, 1.82) is 0 Å². The topological polar surface area (TPSA) is 90.2 Å². The van der Waals surface area contributed by atoms with E-state index in [1.54, 1.807) is 6.08 Å². The Morgan fingerprint density at radius 3 is 2.36 bits per heavy atom. The quantitative estimate of drug-likeness (QED) is 0.536. The third-order valence-corrected chi connectivity index (χ3v) is 4.00. The van der Waals surface area contributed by atoms with Gasteiger partial charge in [0.05, 0.1) is 24.4 Å². The molecule has 5 heteroatoms. The molecule has 1 aliphatic rings. The summed E-state index contributed by atoms with van der Waals surface area (Å²) in [5.74, 6) is -1.18. The molecule has 4 N–H and O–H groups in total. The average Bonchev–Trinajstić information content (AvgIpc) is 2.34. The lowest BCUT2D eigenvalue weighted by atomic mass is 9.89.